The van der Waals surface area contributed by atoms with Gasteiger partial charge in [0.25, 0.3) is 0 Å². The number of aliphatic hydroxyl groups is 1. The van der Waals surface area contributed by atoms with E-state index in [1.165, 1.54) is 0 Å². The Morgan fingerprint density at radius 3 is 2.43 bits per heavy atom. The Morgan fingerprint density at radius 1 is 1.50 bits per heavy atom. The molecular weight excluding hydrogens is 178 g/mol. The molecule has 1 saturated heterocycles. The topological polar surface area (TPSA) is 49.3 Å². The summed E-state index contributed by atoms with van der Waals surface area (Å²) in [5.74, 6) is 0.0105. The van der Waals surface area contributed by atoms with Crippen molar-refractivity contribution in [2.45, 2.75) is 25.3 Å². The summed E-state index contributed by atoms with van der Waals surface area (Å²) in [5, 5.41) is 11.8. The number of aliphatic hydroxyl groups excluding tert-OH is 1. The number of rotatable bonds is 5. The molecule has 1 amide bonds. The monoisotopic (exact) mass is 195 g/mol. The molecule has 0 unspecified atom stereocenters. The summed E-state index contributed by atoms with van der Waals surface area (Å²) in [4.78, 5) is 11.7. The molecule has 0 spiro atoms. The van der Waals surface area contributed by atoms with Crippen LogP contribution in [0.1, 0.15) is 19.3 Å². The zero-order chi connectivity index (χ0) is 10.6. The number of nitrogens with one attached hydrogen (secondary N) is 1. The van der Waals surface area contributed by atoms with Gasteiger partial charge < -0.3 is 10.4 Å². The molecule has 0 radical (unpaired) electrons. The number of carbonyl (C=O) groups excluding carboxylic acids is 1. The predicted octanol–water partition coefficient (Wildman–Crippen LogP) is 1.01. The van der Waals surface area contributed by atoms with Crippen molar-refractivity contribution >= 4 is 5.91 Å². The summed E-state index contributed by atoms with van der Waals surface area (Å²) in [5.41, 5.74) is -0.420. The van der Waals surface area contributed by atoms with Crippen LogP contribution in [0.25, 0.3) is 0 Å². The smallest absolute Gasteiger partial charge is 0.227 e. The summed E-state index contributed by atoms with van der Waals surface area (Å²) in [6.45, 7) is 7.32. The average Bonchev–Trinajstić information content (AvgIpc) is 2.45. The lowest BCUT2D eigenvalue weighted by atomic mass is 9.78. The van der Waals surface area contributed by atoms with Crippen molar-refractivity contribution in [1.82, 2.24) is 5.32 Å². The number of amides is 1. The van der Waals surface area contributed by atoms with Gasteiger partial charge in [-0.3, -0.25) is 4.79 Å². The molecular formula is C11H17NO2. The zero-order valence-electron chi connectivity index (χ0n) is 8.33. The number of carbonyl (C=O) groups is 1. The van der Waals surface area contributed by atoms with E-state index in [0.29, 0.717) is 19.3 Å². The van der Waals surface area contributed by atoms with Crippen LogP contribution in [0.15, 0.2) is 25.3 Å². The van der Waals surface area contributed by atoms with E-state index in [9.17, 15) is 4.79 Å². The van der Waals surface area contributed by atoms with E-state index < -0.39 is 5.41 Å². The first-order chi connectivity index (χ1) is 6.68. The highest BCUT2D eigenvalue weighted by molar-refractivity contribution is 5.85. The maximum Gasteiger partial charge on any atom is 0.227 e. The van der Waals surface area contributed by atoms with E-state index in [-0.39, 0.29) is 18.6 Å². The highest BCUT2D eigenvalue weighted by atomic mass is 16.3. The summed E-state index contributed by atoms with van der Waals surface area (Å²) in [6, 6.07) is -0.109. The Labute approximate surface area is 84.5 Å². The summed E-state index contributed by atoms with van der Waals surface area (Å²) < 4.78 is 0. The second kappa shape index (κ2) is 4.42. The maximum absolute atomic E-state index is 11.7. The molecule has 1 rings (SSSR count). The van der Waals surface area contributed by atoms with Crippen molar-refractivity contribution in [3.63, 3.8) is 0 Å². The Kier molecular flexibility index (Phi) is 3.47. The Bertz CT molecular complexity index is 238. The van der Waals surface area contributed by atoms with E-state index in [4.69, 9.17) is 5.11 Å². The molecule has 3 nitrogen and oxygen atoms in total. The van der Waals surface area contributed by atoms with Crippen LogP contribution < -0.4 is 5.32 Å². The fourth-order valence-electron chi connectivity index (χ4n) is 2.05. The molecule has 1 aliphatic heterocycles. The van der Waals surface area contributed by atoms with Gasteiger partial charge in [0.1, 0.15) is 0 Å². The lowest BCUT2D eigenvalue weighted by Gasteiger charge is -2.22. The second-order valence-corrected chi connectivity index (χ2v) is 3.82. The first-order valence-corrected chi connectivity index (χ1v) is 4.82. The van der Waals surface area contributed by atoms with Gasteiger partial charge in [-0.05, 0) is 19.3 Å². The van der Waals surface area contributed by atoms with Crippen molar-refractivity contribution in [1.29, 1.82) is 0 Å². The van der Waals surface area contributed by atoms with Gasteiger partial charge in [0.05, 0.1) is 18.1 Å². The van der Waals surface area contributed by atoms with Crippen LogP contribution in [-0.2, 0) is 4.79 Å². The van der Waals surface area contributed by atoms with Gasteiger partial charge in [0.2, 0.25) is 5.91 Å². The quantitative estimate of drug-likeness (QED) is 0.643. The Balaban J connectivity index is 2.81. The SMILES string of the molecule is C=CCC1(CC=C)C[C@H](CO)NC1=O. The molecule has 1 atom stereocenters. The second-order valence-electron chi connectivity index (χ2n) is 3.82. The molecule has 0 aliphatic carbocycles. The minimum absolute atomic E-state index is 0.00176. The van der Waals surface area contributed by atoms with Crippen molar-refractivity contribution in [2.75, 3.05) is 6.61 Å². The molecule has 0 aromatic rings. The van der Waals surface area contributed by atoms with E-state index >= 15 is 0 Å². The molecule has 0 bridgehead atoms. The van der Waals surface area contributed by atoms with Crippen LogP contribution in [-0.4, -0.2) is 23.7 Å². The molecule has 14 heavy (non-hydrogen) atoms. The standard InChI is InChI=1S/C11H17NO2/c1-3-5-11(6-4-2)7-9(8-13)12-10(11)14/h3-4,9,13H,1-2,5-8H2,(H,12,14)/t9-/m1/s1. The van der Waals surface area contributed by atoms with Crippen LogP contribution >= 0.6 is 0 Å². The van der Waals surface area contributed by atoms with Crippen LogP contribution in [0.4, 0.5) is 0 Å². The van der Waals surface area contributed by atoms with E-state index in [2.05, 4.69) is 18.5 Å². The van der Waals surface area contributed by atoms with Crippen LogP contribution in [0.5, 0.6) is 0 Å². The van der Waals surface area contributed by atoms with Gasteiger partial charge >= 0.3 is 0 Å². The molecule has 78 valence electrons. The van der Waals surface area contributed by atoms with Crippen LogP contribution in [0, 0.1) is 5.41 Å². The Morgan fingerprint density at radius 2 is 2.07 bits per heavy atom. The van der Waals surface area contributed by atoms with Gasteiger partial charge in [-0.15, -0.1) is 13.2 Å². The van der Waals surface area contributed by atoms with Gasteiger partial charge in [-0.25, -0.2) is 0 Å². The van der Waals surface area contributed by atoms with Gasteiger partial charge in [0.15, 0.2) is 0 Å². The molecule has 0 aromatic carbocycles. The van der Waals surface area contributed by atoms with Crippen LogP contribution in [0.3, 0.4) is 0 Å². The fourth-order valence-corrected chi connectivity index (χ4v) is 2.05. The first kappa shape index (κ1) is 11.0. The van der Waals surface area contributed by atoms with E-state index in [0.717, 1.165) is 0 Å². The van der Waals surface area contributed by atoms with Crippen LogP contribution in [0.2, 0.25) is 0 Å². The number of hydrogen-bond donors (Lipinski definition) is 2. The predicted molar refractivity (Wildman–Crippen MR) is 55.7 cm³/mol. The Hall–Kier alpha value is -1.09. The maximum atomic E-state index is 11.7. The summed E-state index contributed by atoms with van der Waals surface area (Å²) >= 11 is 0. The zero-order valence-corrected chi connectivity index (χ0v) is 8.33. The largest absolute Gasteiger partial charge is 0.394 e. The molecule has 2 N–H and O–H groups in total. The normalized spacial score (nSPS) is 24.4. The minimum Gasteiger partial charge on any atom is -0.394 e. The molecule has 1 fully saturated rings. The highest BCUT2D eigenvalue weighted by Crippen LogP contribution is 2.37. The average molecular weight is 195 g/mol. The van der Waals surface area contributed by atoms with Crippen molar-refractivity contribution < 1.29 is 9.90 Å². The number of hydrogen-bond acceptors (Lipinski definition) is 2. The highest BCUT2D eigenvalue weighted by Gasteiger charge is 2.44. The van der Waals surface area contributed by atoms with Crippen molar-refractivity contribution in [3.05, 3.63) is 25.3 Å². The molecule has 0 aromatic heterocycles. The van der Waals surface area contributed by atoms with Gasteiger partial charge in [-0.2, -0.15) is 0 Å². The summed E-state index contributed by atoms with van der Waals surface area (Å²) in [7, 11) is 0. The summed E-state index contributed by atoms with van der Waals surface area (Å²) in [6.07, 6.45) is 5.45. The molecule has 1 heterocycles. The molecule has 0 saturated carbocycles. The third kappa shape index (κ3) is 1.87. The lowest BCUT2D eigenvalue weighted by Crippen LogP contribution is -2.32. The minimum atomic E-state index is -0.420. The third-order valence-corrected chi connectivity index (χ3v) is 2.74. The van der Waals surface area contributed by atoms with Crippen molar-refractivity contribution in [2.24, 2.45) is 5.41 Å². The molecule has 3 heteroatoms. The fraction of sp³-hybridized carbons (Fsp3) is 0.545. The lowest BCUT2D eigenvalue weighted by molar-refractivity contribution is -0.127. The van der Waals surface area contributed by atoms with Crippen molar-refractivity contribution in [3.8, 4) is 0 Å². The third-order valence-electron chi connectivity index (χ3n) is 2.74. The van der Waals surface area contributed by atoms with Gasteiger partial charge in [-0.1, -0.05) is 12.2 Å². The van der Waals surface area contributed by atoms with Gasteiger partial charge in [0, 0.05) is 0 Å². The first-order valence-electron chi connectivity index (χ1n) is 4.82. The van der Waals surface area contributed by atoms with E-state index in [1.807, 2.05) is 0 Å². The molecule has 1 aliphatic rings. The van der Waals surface area contributed by atoms with E-state index in [1.54, 1.807) is 12.2 Å². The number of allylic oxidation sites excluding steroid dienone is 2.